The van der Waals surface area contributed by atoms with Crippen LogP contribution < -0.4 is 5.06 Å². The highest BCUT2D eigenvalue weighted by molar-refractivity contribution is 6.39. The number of hydrogen-bond donors (Lipinski definition) is 2. The van der Waals surface area contributed by atoms with Crippen LogP contribution in [-0.4, -0.2) is 16.3 Å². The van der Waals surface area contributed by atoms with Crippen molar-refractivity contribution in [1.29, 1.82) is 0 Å². The highest BCUT2D eigenvalue weighted by atomic mass is 35.5. The number of anilines is 2. The molecule has 0 atom stereocenters. The number of para-hydroxylation sites is 2. The summed E-state index contributed by atoms with van der Waals surface area (Å²) in [6, 6.07) is 11.4. The third-order valence-corrected chi connectivity index (χ3v) is 3.32. The van der Waals surface area contributed by atoms with E-state index in [2.05, 4.69) is 0 Å². The number of benzene rings is 2. The third-order valence-electron chi connectivity index (χ3n) is 2.71. The van der Waals surface area contributed by atoms with E-state index in [4.69, 9.17) is 28.3 Å². The Morgan fingerprint density at radius 3 is 2.25 bits per heavy atom. The molecule has 0 aliphatic heterocycles. The number of carbonyl (C=O) groups is 1. The second-order valence-electron chi connectivity index (χ2n) is 4.08. The molecule has 20 heavy (non-hydrogen) atoms. The normalized spacial score (nSPS) is 10.3. The molecule has 104 valence electrons. The Hall–Kier alpha value is -1.75. The van der Waals surface area contributed by atoms with E-state index < -0.39 is 5.97 Å². The molecule has 2 N–H and O–H groups in total. The van der Waals surface area contributed by atoms with Gasteiger partial charge in [-0.15, -0.1) is 0 Å². The molecule has 0 unspecified atom stereocenters. The zero-order valence-electron chi connectivity index (χ0n) is 10.3. The summed E-state index contributed by atoms with van der Waals surface area (Å²) >= 11 is 12.1. The zero-order valence-corrected chi connectivity index (χ0v) is 11.8. The van der Waals surface area contributed by atoms with Gasteiger partial charge in [0, 0.05) is 0 Å². The number of nitrogens with zero attached hydrogens (tertiary/aromatic N) is 1. The maximum atomic E-state index is 10.9. The van der Waals surface area contributed by atoms with Crippen molar-refractivity contribution in [3.8, 4) is 0 Å². The van der Waals surface area contributed by atoms with Gasteiger partial charge in [0.2, 0.25) is 0 Å². The van der Waals surface area contributed by atoms with E-state index in [-0.39, 0.29) is 22.2 Å². The van der Waals surface area contributed by atoms with Crippen molar-refractivity contribution in [2.24, 2.45) is 0 Å². The molecule has 2 aromatic rings. The van der Waals surface area contributed by atoms with Crippen LogP contribution in [0.5, 0.6) is 0 Å². The fraction of sp³-hybridized carbons (Fsp3) is 0.0714. The Balaban J connectivity index is 2.48. The molecule has 4 nitrogen and oxygen atoms in total. The first-order valence-electron chi connectivity index (χ1n) is 5.73. The zero-order chi connectivity index (χ0) is 14.7. The van der Waals surface area contributed by atoms with Crippen LogP contribution in [-0.2, 0) is 11.2 Å². The average Bonchev–Trinajstić information content (AvgIpc) is 2.38. The van der Waals surface area contributed by atoms with E-state index in [1.54, 1.807) is 42.5 Å². The minimum Gasteiger partial charge on any atom is -0.481 e. The summed E-state index contributed by atoms with van der Waals surface area (Å²) in [5, 5.41) is 20.6. The summed E-state index contributed by atoms with van der Waals surface area (Å²) in [6.45, 7) is 0. The first-order chi connectivity index (χ1) is 9.50. The molecule has 0 saturated heterocycles. The summed E-state index contributed by atoms with van der Waals surface area (Å²) in [5.41, 5.74) is 0.997. The molecule has 6 heteroatoms. The quantitative estimate of drug-likeness (QED) is 0.833. The van der Waals surface area contributed by atoms with Gasteiger partial charge < -0.3 is 5.11 Å². The minimum atomic E-state index is -0.990. The van der Waals surface area contributed by atoms with Crippen molar-refractivity contribution < 1.29 is 15.1 Å². The van der Waals surface area contributed by atoms with Crippen LogP contribution in [0.4, 0.5) is 11.4 Å². The van der Waals surface area contributed by atoms with E-state index in [0.717, 1.165) is 5.06 Å². The Bertz CT molecular complexity index is 626. The third kappa shape index (κ3) is 3.04. The van der Waals surface area contributed by atoms with Gasteiger partial charge in [-0.2, -0.15) is 0 Å². The predicted molar refractivity (Wildman–Crippen MR) is 78.2 cm³/mol. The topological polar surface area (TPSA) is 60.8 Å². The number of hydrogen-bond acceptors (Lipinski definition) is 3. The smallest absolute Gasteiger partial charge is 0.307 e. The first-order valence-corrected chi connectivity index (χ1v) is 6.49. The molecule has 0 radical (unpaired) electrons. The van der Waals surface area contributed by atoms with Gasteiger partial charge in [0.05, 0.1) is 22.2 Å². The van der Waals surface area contributed by atoms with E-state index in [0.29, 0.717) is 11.3 Å². The van der Waals surface area contributed by atoms with Crippen molar-refractivity contribution >= 4 is 40.5 Å². The Kier molecular flexibility index (Phi) is 4.49. The maximum Gasteiger partial charge on any atom is 0.307 e. The second kappa shape index (κ2) is 6.13. The highest BCUT2D eigenvalue weighted by Gasteiger charge is 2.17. The molecule has 0 aliphatic carbocycles. The monoisotopic (exact) mass is 311 g/mol. The molecule has 0 fully saturated rings. The van der Waals surface area contributed by atoms with Crippen LogP contribution in [0.25, 0.3) is 0 Å². The lowest BCUT2D eigenvalue weighted by Gasteiger charge is -2.21. The van der Waals surface area contributed by atoms with Crippen LogP contribution in [0.1, 0.15) is 5.56 Å². The van der Waals surface area contributed by atoms with Gasteiger partial charge in [-0.05, 0) is 23.8 Å². The molecule has 0 spiro atoms. The van der Waals surface area contributed by atoms with Crippen LogP contribution in [0.2, 0.25) is 10.0 Å². The SMILES string of the molecule is O=C(O)Cc1ccccc1N(O)c1c(Cl)cccc1Cl. The molecule has 2 aromatic carbocycles. The lowest BCUT2D eigenvalue weighted by Crippen LogP contribution is -2.15. The van der Waals surface area contributed by atoms with Gasteiger partial charge in [-0.25, -0.2) is 5.06 Å². The Labute approximate surface area is 125 Å². The second-order valence-corrected chi connectivity index (χ2v) is 4.90. The summed E-state index contributed by atoms with van der Waals surface area (Å²) in [4.78, 5) is 10.9. The van der Waals surface area contributed by atoms with E-state index in [1.165, 1.54) is 0 Å². The Morgan fingerprint density at radius 1 is 1.05 bits per heavy atom. The molecule has 2 rings (SSSR count). The van der Waals surface area contributed by atoms with Crippen LogP contribution in [0, 0.1) is 0 Å². The van der Waals surface area contributed by atoms with E-state index in [9.17, 15) is 10.0 Å². The summed E-state index contributed by atoms with van der Waals surface area (Å²) in [6.07, 6.45) is -0.213. The molecule has 0 aromatic heterocycles. The van der Waals surface area contributed by atoms with Crippen molar-refractivity contribution in [3.63, 3.8) is 0 Å². The van der Waals surface area contributed by atoms with Gasteiger partial charge in [0.15, 0.2) is 0 Å². The summed E-state index contributed by atoms with van der Waals surface area (Å²) in [7, 11) is 0. The van der Waals surface area contributed by atoms with Crippen LogP contribution >= 0.6 is 23.2 Å². The molecule has 0 saturated carbocycles. The van der Waals surface area contributed by atoms with Gasteiger partial charge >= 0.3 is 5.97 Å². The van der Waals surface area contributed by atoms with Crippen molar-refractivity contribution in [2.45, 2.75) is 6.42 Å². The summed E-state index contributed by atoms with van der Waals surface area (Å²) < 4.78 is 0. The number of rotatable bonds is 4. The summed E-state index contributed by atoms with van der Waals surface area (Å²) in [5.74, 6) is -0.990. The van der Waals surface area contributed by atoms with E-state index >= 15 is 0 Å². The van der Waals surface area contributed by atoms with Gasteiger partial charge in [0.25, 0.3) is 0 Å². The molecular weight excluding hydrogens is 301 g/mol. The first kappa shape index (κ1) is 14.7. The van der Waals surface area contributed by atoms with Crippen LogP contribution in [0.15, 0.2) is 42.5 Å². The predicted octanol–water partition coefficient (Wildman–Crippen LogP) is 4.15. The molecule has 0 heterocycles. The lowest BCUT2D eigenvalue weighted by molar-refractivity contribution is -0.136. The lowest BCUT2D eigenvalue weighted by atomic mass is 10.1. The average molecular weight is 312 g/mol. The fourth-order valence-electron chi connectivity index (χ4n) is 1.84. The number of aliphatic carboxylic acids is 1. The molecule has 0 aliphatic rings. The molecular formula is C14H11Cl2NO3. The van der Waals surface area contributed by atoms with Crippen molar-refractivity contribution in [2.75, 3.05) is 5.06 Å². The standard InChI is InChI=1S/C14H11Cl2NO3/c15-10-5-3-6-11(16)14(10)17(20)12-7-2-1-4-9(12)8-13(18)19/h1-7,20H,8H2,(H,18,19). The van der Waals surface area contributed by atoms with Crippen LogP contribution in [0.3, 0.4) is 0 Å². The maximum absolute atomic E-state index is 10.9. The highest BCUT2D eigenvalue weighted by Crippen LogP contribution is 2.37. The minimum absolute atomic E-state index is 0.213. The number of halogens is 2. The number of carboxylic acids is 1. The van der Waals surface area contributed by atoms with Gasteiger partial charge in [0.1, 0.15) is 5.69 Å². The number of carboxylic acid groups (broad SMARTS) is 1. The molecule has 0 bridgehead atoms. The van der Waals surface area contributed by atoms with Crippen molar-refractivity contribution in [3.05, 3.63) is 58.1 Å². The van der Waals surface area contributed by atoms with Gasteiger partial charge in [-0.3, -0.25) is 10.0 Å². The fourth-order valence-corrected chi connectivity index (χ4v) is 2.40. The van der Waals surface area contributed by atoms with Crippen molar-refractivity contribution in [1.82, 2.24) is 0 Å². The molecule has 0 amide bonds. The Morgan fingerprint density at radius 2 is 1.65 bits per heavy atom. The van der Waals surface area contributed by atoms with Gasteiger partial charge in [-0.1, -0.05) is 47.5 Å². The largest absolute Gasteiger partial charge is 0.481 e. The van der Waals surface area contributed by atoms with E-state index in [1.807, 2.05) is 0 Å².